The summed E-state index contributed by atoms with van der Waals surface area (Å²) in [5.74, 6) is -1.51. The van der Waals surface area contributed by atoms with Crippen LogP contribution in [0, 0.1) is 5.92 Å². The van der Waals surface area contributed by atoms with Crippen LogP contribution >= 0.6 is 19.3 Å². The van der Waals surface area contributed by atoms with E-state index in [2.05, 4.69) is 9.74 Å². The average molecular weight is 501 g/mol. The van der Waals surface area contributed by atoms with Crippen molar-refractivity contribution in [3.05, 3.63) is 70.7 Å². The number of aliphatic carboxylic acids is 1. The minimum Gasteiger partial charge on any atom is -0.612 e. The first-order chi connectivity index (χ1) is 16.3. The van der Waals surface area contributed by atoms with Gasteiger partial charge in [0, 0.05) is 25.0 Å². The van der Waals surface area contributed by atoms with Gasteiger partial charge >= 0.3 is 5.97 Å². The van der Waals surface area contributed by atoms with Gasteiger partial charge < -0.3 is 10.00 Å². The maximum Gasteiger partial charge on any atom is 0.328 e. The third-order valence-corrected chi connectivity index (χ3v) is 7.41. The van der Waals surface area contributed by atoms with E-state index in [4.69, 9.17) is 0 Å². The first-order valence-electron chi connectivity index (χ1n) is 11.1. The summed E-state index contributed by atoms with van der Waals surface area (Å²) in [4.78, 5) is 44.1. The molecule has 1 aromatic carbocycles. The van der Waals surface area contributed by atoms with Crippen LogP contribution < -0.4 is 4.89 Å². The number of rotatable bonds is 11. The van der Waals surface area contributed by atoms with Crippen molar-refractivity contribution in [2.75, 3.05) is 6.54 Å². The van der Waals surface area contributed by atoms with Crippen molar-refractivity contribution in [3.8, 4) is 0 Å². The number of nitrogens with zero attached hydrogens (tertiary/aromatic N) is 4. The summed E-state index contributed by atoms with van der Waals surface area (Å²) in [5, 5.41) is 14.8. The van der Waals surface area contributed by atoms with Crippen LogP contribution in [0.2, 0.25) is 0 Å². The largest absolute Gasteiger partial charge is 0.612 e. The van der Waals surface area contributed by atoms with Crippen LogP contribution in [0.4, 0.5) is 0 Å². The predicted molar refractivity (Wildman–Crippen MR) is 133 cm³/mol. The Morgan fingerprint density at radius 1 is 1.26 bits per heavy atom. The SMILES string of the molecule is CC(C)C[C@H](N=[P+]([O-])Cc1cccs1)C(=O)N([C@@H](Cc1ccccc1)C(=O)O)N1C=CN=CC1. The first-order valence-corrected chi connectivity index (χ1v) is 13.4. The topological polar surface area (TPSA) is 109 Å². The van der Waals surface area contributed by atoms with E-state index in [-0.39, 0.29) is 25.0 Å². The number of amides is 1. The highest BCUT2D eigenvalue weighted by molar-refractivity contribution is 7.39. The number of aliphatic imine (C=N–C) groups is 1. The number of benzene rings is 1. The monoisotopic (exact) mass is 500 g/mol. The second-order valence-corrected chi connectivity index (χ2v) is 10.6. The van der Waals surface area contributed by atoms with Crippen LogP contribution in [0.5, 0.6) is 0 Å². The van der Waals surface area contributed by atoms with Gasteiger partial charge in [-0.2, -0.15) is 0 Å². The molecular weight excluding hydrogens is 471 g/mol. The molecule has 180 valence electrons. The van der Waals surface area contributed by atoms with Crippen molar-refractivity contribution in [3.63, 3.8) is 0 Å². The molecule has 34 heavy (non-hydrogen) atoms. The zero-order valence-corrected chi connectivity index (χ0v) is 20.9. The molecule has 0 bridgehead atoms. The van der Waals surface area contributed by atoms with Crippen LogP contribution in [0.25, 0.3) is 0 Å². The quantitative estimate of drug-likeness (QED) is 0.471. The van der Waals surface area contributed by atoms with Gasteiger partial charge in [-0.3, -0.25) is 14.8 Å². The number of thiophene rings is 1. The molecule has 1 aliphatic rings. The molecule has 2 aromatic rings. The summed E-state index contributed by atoms with van der Waals surface area (Å²) in [7, 11) is -2.03. The van der Waals surface area contributed by atoms with Gasteiger partial charge in [-0.1, -0.05) is 50.2 Å². The standard InChI is InChI=1S/C24H29N4O4PS/c1-18(2)15-21(26-33(32)17-20-9-6-14-34-20)23(29)28(27-12-10-25-11-13-27)22(24(30)31)16-19-7-4-3-5-8-19/h3-12,14,18,21-22H,13,15-17H2,1-2H3,(H,30,31)/t21-,22-/m0/s1. The molecule has 0 spiro atoms. The van der Waals surface area contributed by atoms with E-state index >= 15 is 0 Å². The molecule has 1 unspecified atom stereocenters. The lowest BCUT2D eigenvalue weighted by Gasteiger charge is -2.39. The first kappa shape index (κ1) is 25.7. The lowest BCUT2D eigenvalue weighted by Crippen LogP contribution is -2.57. The second kappa shape index (κ2) is 12.6. The minimum atomic E-state index is -2.03. The number of carboxylic acid groups (broad SMARTS) is 1. The number of carbonyl (C=O) groups is 2. The molecule has 1 amide bonds. The van der Waals surface area contributed by atoms with Gasteiger partial charge in [0.1, 0.15) is 0 Å². The van der Waals surface area contributed by atoms with Gasteiger partial charge in [-0.05, 0) is 29.3 Å². The summed E-state index contributed by atoms with van der Waals surface area (Å²) in [6, 6.07) is 10.9. The summed E-state index contributed by atoms with van der Waals surface area (Å²) in [5.41, 5.74) is 0.795. The number of hydrazine groups is 1. The summed E-state index contributed by atoms with van der Waals surface area (Å²) in [6.45, 7) is 4.16. The molecule has 0 radical (unpaired) electrons. The third-order valence-electron chi connectivity index (χ3n) is 5.17. The molecule has 3 rings (SSSR count). The third kappa shape index (κ3) is 7.32. The molecule has 2 heterocycles. The highest BCUT2D eigenvalue weighted by atomic mass is 32.1. The van der Waals surface area contributed by atoms with E-state index in [1.54, 1.807) is 17.4 Å². The van der Waals surface area contributed by atoms with E-state index < -0.39 is 31.9 Å². The number of carbonyl (C=O) groups excluding carboxylic acids is 1. The Balaban J connectivity index is 1.95. The highest BCUT2D eigenvalue weighted by Gasteiger charge is 2.38. The fraction of sp³-hybridized carbons (Fsp3) is 0.375. The Labute approximate surface area is 204 Å². The molecule has 1 aliphatic heterocycles. The van der Waals surface area contributed by atoms with Crippen molar-refractivity contribution < 1.29 is 19.6 Å². The fourth-order valence-corrected chi connectivity index (χ4v) is 5.71. The van der Waals surface area contributed by atoms with E-state index in [1.807, 2.05) is 61.7 Å². The zero-order valence-electron chi connectivity index (χ0n) is 19.2. The Bertz CT molecular complexity index is 1040. The molecule has 1 N–H and O–H groups in total. The smallest absolute Gasteiger partial charge is 0.328 e. The molecule has 8 nitrogen and oxygen atoms in total. The fourth-order valence-electron chi connectivity index (χ4n) is 3.63. The van der Waals surface area contributed by atoms with E-state index in [0.29, 0.717) is 6.42 Å². The average Bonchev–Trinajstić information content (AvgIpc) is 3.32. The number of carboxylic acids is 1. The molecule has 0 saturated heterocycles. The molecule has 1 aromatic heterocycles. The van der Waals surface area contributed by atoms with E-state index in [1.165, 1.54) is 22.5 Å². The predicted octanol–water partition coefficient (Wildman–Crippen LogP) is 3.90. The van der Waals surface area contributed by atoms with Crippen LogP contribution in [0.1, 0.15) is 30.7 Å². The maximum atomic E-state index is 13.9. The van der Waals surface area contributed by atoms with Gasteiger partial charge in [0.15, 0.2) is 26.2 Å². The Hall–Kier alpha value is -2.87. The van der Waals surface area contributed by atoms with E-state index in [0.717, 1.165) is 10.4 Å². The number of hydrogen-bond donors (Lipinski definition) is 1. The lowest BCUT2D eigenvalue weighted by atomic mass is 10.0. The Kier molecular flexibility index (Phi) is 9.51. The summed E-state index contributed by atoms with van der Waals surface area (Å²) in [6.07, 6.45) is 5.45. The van der Waals surface area contributed by atoms with Gasteiger partial charge in [-0.15, -0.1) is 16.1 Å². The van der Waals surface area contributed by atoms with Crippen molar-refractivity contribution in [1.29, 1.82) is 0 Å². The van der Waals surface area contributed by atoms with Gasteiger partial charge in [0.25, 0.3) is 5.91 Å². The highest BCUT2D eigenvalue weighted by Crippen LogP contribution is 2.29. The number of hydrogen-bond acceptors (Lipinski definition) is 7. The second-order valence-electron chi connectivity index (χ2n) is 8.33. The molecule has 0 saturated carbocycles. The van der Waals surface area contributed by atoms with E-state index in [9.17, 15) is 19.6 Å². The maximum absolute atomic E-state index is 13.9. The molecule has 0 aliphatic carbocycles. The Morgan fingerprint density at radius 3 is 2.62 bits per heavy atom. The molecule has 10 heteroatoms. The molecular formula is C24H29N4O4PS. The molecule has 3 atom stereocenters. The van der Waals surface area contributed by atoms with Gasteiger partial charge in [-0.25, -0.2) is 9.80 Å². The van der Waals surface area contributed by atoms with Crippen LogP contribution in [-0.4, -0.2) is 51.8 Å². The van der Waals surface area contributed by atoms with Crippen molar-refractivity contribution in [2.45, 2.75) is 44.9 Å². The molecule has 0 fully saturated rings. The summed E-state index contributed by atoms with van der Waals surface area (Å²) < 4.78 is 4.40. The van der Waals surface area contributed by atoms with Crippen LogP contribution in [0.3, 0.4) is 0 Å². The minimum absolute atomic E-state index is 0.0977. The van der Waals surface area contributed by atoms with Gasteiger partial charge in [0.2, 0.25) is 0 Å². The lowest BCUT2D eigenvalue weighted by molar-refractivity contribution is -0.165. The van der Waals surface area contributed by atoms with Crippen molar-refractivity contribution >= 4 is 37.4 Å². The Morgan fingerprint density at radius 2 is 2.03 bits per heavy atom. The van der Waals surface area contributed by atoms with Crippen LogP contribution in [0.15, 0.2) is 70.0 Å². The van der Waals surface area contributed by atoms with Gasteiger partial charge in [0.05, 0.1) is 11.4 Å². The zero-order chi connectivity index (χ0) is 24.5. The van der Waals surface area contributed by atoms with Crippen LogP contribution in [-0.2, 0) is 22.2 Å². The normalized spacial score (nSPS) is 15.4. The van der Waals surface area contributed by atoms with Crippen molar-refractivity contribution in [2.24, 2.45) is 15.7 Å². The summed E-state index contributed by atoms with van der Waals surface area (Å²) >= 11 is 1.49. The van der Waals surface area contributed by atoms with Crippen molar-refractivity contribution in [1.82, 2.24) is 10.0 Å².